The first-order chi connectivity index (χ1) is 11.5. The Morgan fingerprint density at radius 1 is 1.12 bits per heavy atom. The zero-order chi connectivity index (χ0) is 17.5. The van der Waals surface area contributed by atoms with Crippen LogP contribution in [-0.2, 0) is 14.3 Å². The minimum atomic E-state index is -0.195. The number of anilines is 2. The topological polar surface area (TPSA) is 61.9 Å². The highest BCUT2D eigenvalue weighted by Gasteiger charge is 2.19. The molecule has 0 spiro atoms. The molecule has 1 heterocycles. The number of hydrogen-bond donors (Lipinski definition) is 1. The fourth-order valence-electron chi connectivity index (χ4n) is 2.61. The Balaban J connectivity index is 1.87. The molecule has 0 aromatic heterocycles. The van der Waals surface area contributed by atoms with Crippen molar-refractivity contribution in [3.63, 3.8) is 0 Å². The zero-order valence-electron chi connectivity index (χ0n) is 14.5. The molecule has 0 atom stereocenters. The molecule has 1 aliphatic rings. The molecule has 6 nitrogen and oxygen atoms in total. The number of nitrogens with one attached hydrogen (secondary N) is 1. The summed E-state index contributed by atoms with van der Waals surface area (Å²) in [4.78, 5) is 27.4. The number of ether oxygens (including phenoxy) is 1. The van der Waals surface area contributed by atoms with Gasteiger partial charge in [0.15, 0.2) is 0 Å². The van der Waals surface area contributed by atoms with E-state index in [0.29, 0.717) is 6.54 Å². The highest BCUT2D eigenvalue weighted by Crippen LogP contribution is 2.19. The van der Waals surface area contributed by atoms with Crippen LogP contribution in [0.5, 0.6) is 0 Å². The normalized spacial score (nSPS) is 14.9. The van der Waals surface area contributed by atoms with Gasteiger partial charge in [0, 0.05) is 43.6 Å². The molecule has 1 aromatic carbocycles. The summed E-state index contributed by atoms with van der Waals surface area (Å²) in [5.74, 6) is -0.306. The van der Waals surface area contributed by atoms with Crippen molar-refractivity contribution in [1.82, 2.24) is 4.90 Å². The molecule has 1 saturated heterocycles. The molecule has 1 aliphatic heterocycles. The lowest BCUT2D eigenvalue weighted by Crippen LogP contribution is -2.48. The first-order valence-corrected chi connectivity index (χ1v) is 8.08. The summed E-state index contributed by atoms with van der Waals surface area (Å²) in [6.45, 7) is 7.51. The van der Waals surface area contributed by atoms with Gasteiger partial charge in [-0.15, -0.1) is 0 Å². The fraction of sp³-hybridized carbons (Fsp3) is 0.444. The predicted octanol–water partition coefficient (Wildman–Crippen LogP) is 1.89. The van der Waals surface area contributed by atoms with Gasteiger partial charge in [-0.25, -0.2) is 0 Å². The molecule has 1 fully saturated rings. The smallest absolute Gasteiger partial charge is 0.319 e. The molecule has 0 bridgehead atoms. The first kappa shape index (κ1) is 18.0. The molecule has 0 saturated carbocycles. The largest absolute Gasteiger partial charge is 0.468 e. The van der Waals surface area contributed by atoms with E-state index in [9.17, 15) is 9.59 Å². The SMILES string of the molecule is COC(=O)CN1CCN(c2ccc(NC(=O)C=C(C)C)cc2)CC1. The highest BCUT2D eigenvalue weighted by atomic mass is 16.5. The van der Waals surface area contributed by atoms with Gasteiger partial charge in [0.1, 0.15) is 0 Å². The molecule has 6 heteroatoms. The van der Waals surface area contributed by atoms with Crippen LogP contribution in [0.1, 0.15) is 13.8 Å². The zero-order valence-corrected chi connectivity index (χ0v) is 14.5. The van der Waals surface area contributed by atoms with Crippen molar-refractivity contribution in [2.45, 2.75) is 13.8 Å². The van der Waals surface area contributed by atoms with Crippen LogP contribution in [0.3, 0.4) is 0 Å². The number of rotatable bonds is 5. The van der Waals surface area contributed by atoms with E-state index < -0.39 is 0 Å². The predicted molar refractivity (Wildman–Crippen MR) is 95.2 cm³/mol. The molecule has 1 aromatic rings. The molecule has 0 unspecified atom stereocenters. The maximum atomic E-state index is 11.7. The lowest BCUT2D eigenvalue weighted by Gasteiger charge is -2.35. The molecule has 24 heavy (non-hydrogen) atoms. The first-order valence-electron chi connectivity index (χ1n) is 8.08. The van der Waals surface area contributed by atoms with Crippen LogP contribution < -0.4 is 10.2 Å². The van der Waals surface area contributed by atoms with Crippen LogP contribution in [0.2, 0.25) is 0 Å². The van der Waals surface area contributed by atoms with E-state index in [-0.39, 0.29) is 11.9 Å². The summed E-state index contributed by atoms with van der Waals surface area (Å²) in [5, 5.41) is 2.85. The fourth-order valence-corrected chi connectivity index (χ4v) is 2.61. The number of piperazine rings is 1. The third-order valence-electron chi connectivity index (χ3n) is 3.87. The molecular weight excluding hydrogens is 306 g/mol. The Labute approximate surface area is 143 Å². The third-order valence-corrected chi connectivity index (χ3v) is 3.87. The molecule has 2 rings (SSSR count). The van der Waals surface area contributed by atoms with Crippen molar-refractivity contribution in [2.75, 3.05) is 50.1 Å². The van der Waals surface area contributed by atoms with Crippen LogP contribution in [0.15, 0.2) is 35.9 Å². The van der Waals surface area contributed by atoms with Crippen LogP contribution in [-0.4, -0.2) is 56.6 Å². The van der Waals surface area contributed by atoms with Gasteiger partial charge < -0.3 is 15.0 Å². The maximum absolute atomic E-state index is 11.7. The highest BCUT2D eigenvalue weighted by molar-refractivity contribution is 5.99. The van der Waals surface area contributed by atoms with Crippen LogP contribution >= 0.6 is 0 Å². The van der Waals surface area contributed by atoms with Crippen LogP contribution in [0, 0.1) is 0 Å². The van der Waals surface area contributed by atoms with Crippen LogP contribution in [0.25, 0.3) is 0 Å². The summed E-state index contributed by atoms with van der Waals surface area (Å²) in [6.07, 6.45) is 1.58. The van der Waals surface area contributed by atoms with Gasteiger partial charge in [0.2, 0.25) is 5.91 Å². The maximum Gasteiger partial charge on any atom is 0.319 e. The standard InChI is InChI=1S/C18H25N3O3/c1-14(2)12-17(22)19-15-4-6-16(7-5-15)21-10-8-20(9-11-21)13-18(23)24-3/h4-7,12H,8-11,13H2,1-3H3,(H,19,22). The van der Waals surface area contributed by atoms with E-state index in [1.165, 1.54) is 7.11 Å². The second-order valence-electron chi connectivity index (χ2n) is 6.10. The number of esters is 1. The number of benzene rings is 1. The van der Waals surface area contributed by atoms with Gasteiger partial charge in [0.05, 0.1) is 13.7 Å². The van der Waals surface area contributed by atoms with Gasteiger partial charge in [0.25, 0.3) is 0 Å². The monoisotopic (exact) mass is 331 g/mol. The minimum Gasteiger partial charge on any atom is -0.468 e. The molecule has 0 aliphatic carbocycles. The van der Waals surface area contributed by atoms with Gasteiger partial charge in [-0.05, 0) is 38.1 Å². The van der Waals surface area contributed by atoms with Gasteiger partial charge >= 0.3 is 5.97 Å². The molecular formula is C18H25N3O3. The Hall–Kier alpha value is -2.34. The third kappa shape index (κ3) is 5.38. The van der Waals surface area contributed by atoms with Crippen molar-refractivity contribution < 1.29 is 14.3 Å². The van der Waals surface area contributed by atoms with E-state index in [1.807, 2.05) is 38.1 Å². The Kier molecular flexibility index (Phi) is 6.37. The number of carbonyl (C=O) groups excluding carboxylic acids is 2. The summed E-state index contributed by atoms with van der Waals surface area (Å²) in [7, 11) is 1.41. The quantitative estimate of drug-likeness (QED) is 0.659. The summed E-state index contributed by atoms with van der Waals surface area (Å²) in [6, 6.07) is 7.84. The van der Waals surface area contributed by atoms with Crippen LogP contribution in [0.4, 0.5) is 11.4 Å². The Morgan fingerprint density at radius 3 is 2.29 bits per heavy atom. The average Bonchev–Trinajstić information content (AvgIpc) is 2.55. The Morgan fingerprint density at radius 2 is 1.75 bits per heavy atom. The number of amides is 1. The molecule has 130 valence electrons. The van der Waals surface area contributed by atoms with E-state index in [4.69, 9.17) is 4.74 Å². The Bertz CT molecular complexity index is 598. The van der Waals surface area contributed by atoms with E-state index in [1.54, 1.807) is 6.08 Å². The summed E-state index contributed by atoms with van der Waals surface area (Å²) < 4.78 is 4.70. The lowest BCUT2D eigenvalue weighted by molar-refractivity contribution is -0.142. The van der Waals surface area contributed by atoms with Crippen molar-refractivity contribution in [2.24, 2.45) is 0 Å². The molecule has 1 N–H and O–H groups in total. The van der Waals surface area contributed by atoms with E-state index >= 15 is 0 Å². The van der Waals surface area contributed by atoms with Crippen molar-refractivity contribution in [3.05, 3.63) is 35.9 Å². The number of carbonyl (C=O) groups is 2. The number of allylic oxidation sites excluding steroid dienone is 1. The summed E-state index contributed by atoms with van der Waals surface area (Å²) in [5.41, 5.74) is 2.87. The van der Waals surface area contributed by atoms with Gasteiger partial charge in [-0.1, -0.05) is 5.57 Å². The van der Waals surface area contributed by atoms with Gasteiger partial charge in [-0.3, -0.25) is 14.5 Å². The number of hydrogen-bond acceptors (Lipinski definition) is 5. The lowest BCUT2D eigenvalue weighted by atomic mass is 10.2. The number of methoxy groups -OCH3 is 1. The van der Waals surface area contributed by atoms with E-state index in [2.05, 4.69) is 15.1 Å². The second kappa shape index (κ2) is 8.49. The van der Waals surface area contributed by atoms with Crippen molar-refractivity contribution in [3.8, 4) is 0 Å². The molecule has 0 radical (unpaired) electrons. The van der Waals surface area contributed by atoms with Crippen molar-refractivity contribution >= 4 is 23.3 Å². The number of nitrogens with zero attached hydrogens (tertiary/aromatic N) is 2. The van der Waals surface area contributed by atoms with Gasteiger partial charge in [-0.2, -0.15) is 0 Å². The molecule has 1 amide bonds. The average molecular weight is 331 g/mol. The van der Waals surface area contributed by atoms with E-state index in [0.717, 1.165) is 43.1 Å². The summed E-state index contributed by atoms with van der Waals surface area (Å²) >= 11 is 0. The minimum absolute atomic E-state index is 0.112. The second-order valence-corrected chi connectivity index (χ2v) is 6.10. The van der Waals surface area contributed by atoms with Crippen molar-refractivity contribution in [1.29, 1.82) is 0 Å².